The molecule has 5 aromatic rings. The Bertz CT molecular complexity index is 2120. The molecule has 11 heteroatoms. The maximum Gasteiger partial charge on any atom is 0.257 e. The number of hydrogen-bond acceptors (Lipinski definition) is 8. The number of carbonyl (C=O) groups excluding carboxylic acids is 3. The quantitative estimate of drug-likeness (QED) is 0.126. The van der Waals surface area contributed by atoms with Crippen LogP contribution in [0.15, 0.2) is 79.3 Å². The molecule has 0 bridgehead atoms. The molecule has 2 saturated heterocycles. The number of hydrogen-bond donors (Lipinski definition) is 1. The number of fused-ring (bicyclic) bond motifs is 4. The van der Waals surface area contributed by atoms with Crippen molar-refractivity contribution in [3.8, 4) is 11.1 Å². The molecule has 3 aliphatic rings. The van der Waals surface area contributed by atoms with Gasteiger partial charge in [-0.3, -0.25) is 34.6 Å². The highest BCUT2D eigenvalue weighted by Crippen LogP contribution is 2.38. The van der Waals surface area contributed by atoms with Gasteiger partial charge in [0.25, 0.3) is 5.91 Å². The van der Waals surface area contributed by atoms with Crippen LogP contribution in [0.4, 0.5) is 0 Å². The van der Waals surface area contributed by atoms with Crippen LogP contribution in [-0.2, 0) is 27.8 Å². The van der Waals surface area contributed by atoms with Gasteiger partial charge in [0.2, 0.25) is 11.8 Å². The number of rotatable bonds is 13. The molecule has 3 amide bonds. The first-order valence-corrected chi connectivity index (χ1v) is 19.0. The van der Waals surface area contributed by atoms with Gasteiger partial charge in [0.1, 0.15) is 6.04 Å². The Morgan fingerprint density at radius 1 is 0.811 bits per heavy atom. The standard InChI is InChI=1S/C42H47N7O4/c1-46-36-17-18-43-28-35(36)32-14-12-29(26-38(32)46)30-11-13-31(44-27-30)8-7-20-48-23-21-47(22-24-48)19-5-2-6-25-53-42-34-10-4-3-9-33(34)41(52)49(42)37-15-16-39(50)45-40(37)51/h3-4,9-14,17-18,26-28,37,42H,2,5-8,15-16,19-25H2,1H3,(H,45,50,51). The fourth-order valence-electron chi connectivity index (χ4n) is 8.23. The number of nitrogens with one attached hydrogen (secondary N) is 1. The van der Waals surface area contributed by atoms with Crippen molar-refractivity contribution in [3.63, 3.8) is 0 Å². The molecule has 3 aromatic heterocycles. The van der Waals surface area contributed by atoms with E-state index in [1.54, 1.807) is 6.07 Å². The molecule has 2 fully saturated rings. The number of pyridine rings is 2. The molecule has 3 aliphatic heterocycles. The van der Waals surface area contributed by atoms with Crippen molar-refractivity contribution in [2.75, 3.05) is 45.9 Å². The first-order valence-electron chi connectivity index (χ1n) is 19.0. The van der Waals surface area contributed by atoms with Gasteiger partial charge in [-0.2, -0.15) is 0 Å². The summed E-state index contributed by atoms with van der Waals surface area (Å²) in [6.07, 6.45) is 10.8. The fraction of sp³-hybridized carbons (Fsp3) is 0.405. The minimum atomic E-state index is -0.707. The Kier molecular flexibility index (Phi) is 10.3. The van der Waals surface area contributed by atoms with Gasteiger partial charge in [-0.15, -0.1) is 0 Å². The van der Waals surface area contributed by atoms with Crippen LogP contribution in [0.25, 0.3) is 32.9 Å². The van der Waals surface area contributed by atoms with Crippen molar-refractivity contribution in [1.82, 2.24) is 34.6 Å². The Hall–Kier alpha value is -4.97. The summed E-state index contributed by atoms with van der Waals surface area (Å²) in [7, 11) is 2.11. The van der Waals surface area contributed by atoms with E-state index in [4.69, 9.17) is 9.72 Å². The molecule has 0 aliphatic carbocycles. The summed E-state index contributed by atoms with van der Waals surface area (Å²) in [6.45, 7) is 7.01. The van der Waals surface area contributed by atoms with Gasteiger partial charge in [0.15, 0.2) is 6.23 Å². The van der Waals surface area contributed by atoms with E-state index in [0.29, 0.717) is 18.6 Å². The van der Waals surface area contributed by atoms with E-state index in [9.17, 15) is 14.4 Å². The van der Waals surface area contributed by atoms with Gasteiger partial charge in [-0.25, -0.2) is 0 Å². The summed E-state index contributed by atoms with van der Waals surface area (Å²) in [4.78, 5) is 53.4. The number of piperazine rings is 1. The van der Waals surface area contributed by atoms with Gasteiger partial charge >= 0.3 is 0 Å². The Morgan fingerprint density at radius 3 is 2.40 bits per heavy atom. The summed E-state index contributed by atoms with van der Waals surface area (Å²) >= 11 is 0. The van der Waals surface area contributed by atoms with Crippen LogP contribution in [-0.4, -0.2) is 98.9 Å². The lowest BCUT2D eigenvalue weighted by molar-refractivity contribution is -0.141. The van der Waals surface area contributed by atoms with E-state index in [2.05, 4.69) is 68.1 Å². The first kappa shape index (κ1) is 35.1. The van der Waals surface area contributed by atoms with Crippen LogP contribution >= 0.6 is 0 Å². The molecule has 53 heavy (non-hydrogen) atoms. The smallest absolute Gasteiger partial charge is 0.257 e. The number of benzene rings is 2. The zero-order valence-corrected chi connectivity index (χ0v) is 30.4. The number of amides is 3. The van der Waals surface area contributed by atoms with Crippen LogP contribution in [0, 0.1) is 0 Å². The number of nitrogens with zero attached hydrogens (tertiary/aromatic N) is 6. The van der Waals surface area contributed by atoms with Crippen LogP contribution in [0.3, 0.4) is 0 Å². The number of aromatic nitrogens is 3. The maximum atomic E-state index is 13.3. The zero-order valence-electron chi connectivity index (χ0n) is 30.4. The fourth-order valence-corrected chi connectivity index (χ4v) is 8.23. The number of imide groups is 1. The summed E-state index contributed by atoms with van der Waals surface area (Å²) in [5.41, 5.74) is 7.20. The normalized spacial score (nSPS) is 19.7. The highest BCUT2D eigenvalue weighted by Gasteiger charge is 2.45. The second-order valence-corrected chi connectivity index (χ2v) is 14.6. The van der Waals surface area contributed by atoms with Crippen LogP contribution < -0.4 is 5.32 Å². The van der Waals surface area contributed by atoms with E-state index in [-0.39, 0.29) is 18.2 Å². The van der Waals surface area contributed by atoms with Crippen molar-refractivity contribution in [1.29, 1.82) is 0 Å². The van der Waals surface area contributed by atoms with Gasteiger partial charge in [0, 0.05) is 104 Å². The molecular weight excluding hydrogens is 667 g/mol. The van der Waals surface area contributed by atoms with E-state index >= 15 is 0 Å². The molecule has 1 N–H and O–H groups in total. The number of piperidine rings is 1. The van der Waals surface area contributed by atoms with Crippen LogP contribution in [0.2, 0.25) is 0 Å². The third-order valence-corrected chi connectivity index (χ3v) is 11.2. The predicted molar refractivity (Wildman–Crippen MR) is 204 cm³/mol. The average molecular weight is 714 g/mol. The highest BCUT2D eigenvalue weighted by atomic mass is 16.5. The average Bonchev–Trinajstić information content (AvgIpc) is 3.63. The summed E-state index contributed by atoms with van der Waals surface area (Å²) in [5.74, 6) is -0.936. The lowest BCUT2D eigenvalue weighted by Gasteiger charge is -2.35. The Labute approximate surface area is 309 Å². The molecule has 2 unspecified atom stereocenters. The first-order chi connectivity index (χ1) is 25.9. The largest absolute Gasteiger partial charge is 0.354 e. The number of aryl methyl sites for hydroxylation is 2. The molecule has 8 rings (SSSR count). The molecule has 11 nitrogen and oxygen atoms in total. The molecule has 0 saturated carbocycles. The lowest BCUT2D eigenvalue weighted by atomic mass is 10.0. The van der Waals surface area contributed by atoms with Crippen molar-refractivity contribution >= 4 is 39.5 Å². The molecule has 0 radical (unpaired) electrons. The van der Waals surface area contributed by atoms with Crippen molar-refractivity contribution in [2.45, 2.75) is 57.2 Å². The minimum absolute atomic E-state index is 0.213. The number of ether oxygens (including phenoxy) is 1. The third-order valence-electron chi connectivity index (χ3n) is 11.2. The van der Waals surface area contributed by atoms with E-state index < -0.39 is 18.2 Å². The Morgan fingerprint density at radius 2 is 1.60 bits per heavy atom. The highest BCUT2D eigenvalue weighted by molar-refractivity contribution is 6.08. The predicted octanol–water partition coefficient (Wildman–Crippen LogP) is 5.49. The zero-order chi connectivity index (χ0) is 36.3. The second-order valence-electron chi connectivity index (χ2n) is 14.6. The van der Waals surface area contributed by atoms with Gasteiger partial charge in [-0.1, -0.05) is 36.4 Å². The molecule has 2 atom stereocenters. The Balaban J connectivity index is 0.735. The van der Waals surface area contributed by atoms with Crippen molar-refractivity contribution < 1.29 is 19.1 Å². The van der Waals surface area contributed by atoms with Crippen molar-refractivity contribution in [2.24, 2.45) is 7.05 Å². The summed E-state index contributed by atoms with van der Waals surface area (Å²) < 4.78 is 8.52. The number of unbranched alkanes of at least 4 members (excludes halogenated alkanes) is 2. The maximum absolute atomic E-state index is 13.3. The van der Waals surface area contributed by atoms with Gasteiger partial charge in [0.05, 0.1) is 5.52 Å². The molecule has 0 spiro atoms. The monoisotopic (exact) mass is 713 g/mol. The van der Waals surface area contributed by atoms with Gasteiger partial charge in [-0.05, 0) is 81.4 Å². The van der Waals surface area contributed by atoms with Crippen LogP contribution in [0.5, 0.6) is 0 Å². The molecular formula is C42H47N7O4. The second kappa shape index (κ2) is 15.6. The third kappa shape index (κ3) is 7.33. The SMILES string of the molecule is Cn1c2ccncc2c2ccc(-c3ccc(CCCN4CCN(CCCCCOC5c6ccccc6C(=O)N5C5CCC(=O)NC5=O)CC4)nc3)cc21. The summed E-state index contributed by atoms with van der Waals surface area (Å²) in [6, 6.07) is 19.7. The topological polar surface area (TPSA) is 113 Å². The molecule has 2 aromatic carbocycles. The van der Waals surface area contributed by atoms with E-state index in [1.807, 2.05) is 36.8 Å². The van der Waals surface area contributed by atoms with Crippen LogP contribution in [0.1, 0.15) is 66.4 Å². The van der Waals surface area contributed by atoms with Crippen molar-refractivity contribution in [3.05, 3.63) is 96.1 Å². The summed E-state index contributed by atoms with van der Waals surface area (Å²) in [5, 5.41) is 4.79. The molecule has 6 heterocycles. The minimum Gasteiger partial charge on any atom is -0.354 e. The van der Waals surface area contributed by atoms with Gasteiger partial charge < -0.3 is 19.1 Å². The molecule has 274 valence electrons. The van der Waals surface area contributed by atoms with E-state index in [0.717, 1.165) is 88.2 Å². The van der Waals surface area contributed by atoms with E-state index in [1.165, 1.54) is 32.3 Å². The number of carbonyl (C=O) groups is 3. The lowest BCUT2D eigenvalue weighted by Crippen LogP contribution is -2.53.